The van der Waals surface area contributed by atoms with Crippen LogP contribution in [0.3, 0.4) is 0 Å². The summed E-state index contributed by atoms with van der Waals surface area (Å²) in [6.45, 7) is 0.495. The van der Waals surface area contributed by atoms with Gasteiger partial charge in [0.05, 0.1) is 0 Å². The van der Waals surface area contributed by atoms with Crippen molar-refractivity contribution in [2.45, 2.75) is 31.7 Å². The molecule has 0 radical (unpaired) electrons. The van der Waals surface area contributed by atoms with Crippen LogP contribution in [0.15, 0.2) is 17.5 Å². The monoisotopic (exact) mass is 285 g/mol. The van der Waals surface area contributed by atoms with Gasteiger partial charge in [0.1, 0.15) is 6.04 Å². The molecule has 19 heavy (non-hydrogen) atoms. The standard InChI is InChI=1S/C13H19NO4S/c1-18-8-2-5-11(13(16)17)14-12(15)7-6-10-4-3-9-19-10/h3-4,9,11H,2,5-8H2,1H3,(H,14,15)(H,16,17). The van der Waals surface area contributed by atoms with Crippen LogP contribution in [-0.4, -0.2) is 36.7 Å². The summed E-state index contributed by atoms with van der Waals surface area (Å²) in [4.78, 5) is 23.8. The Hall–Kier alpha value is -1.40. The van der Waals surface area contributed by atoms with Gasteiger partial charge < -0.3 is 15.2 Å². The lowest BCUT2D eigenvalue weighted by Crippen LogP contribution is -2.41. The van der Waals surface area contributed by atoms with Gasteiger partial charge in [0.2, 0.25) is 5.91 Å². The maximum atomic E-state index is 11.7. The van der Waals surface area contributed by atoms with Gasteiger partial charge >= 0.3 is 5.97 Å². The van der Waals surface area contributed by atoms with Crippen molar-refractivity contribution in [2.24, 2.45) is 0 Å². The molecule has 2 N–H and O–H groups in total. The SMILES string of the molecule is COCCCC(NC(=O)CCc1cccs1)C(=O)O. The lowest BCUT2D eigenvalue weighted by molar-refractivity contribution is -0.142. The summed E-state index contributed by atoms with van der Waals surface area (Å²) in [5.41, 5.74) is 0. The topological polar surface area (TPSA) is 75.6 Å². The van der Waals surface area contributed by atoms with Crippen LogP contribution in [0.2, 0.25) is 0 Å². The Morgan fingerprint density at radius 1 is 1.53 bits per heavy atom. The van der Waals surface area contributed by atoms with E-state index in [9.17, 15) is 9.59 Å². The van der Waals surface area contributed by atoms with Gasteiger partial charge in [0.25, 0.3) is 0 Å². The van der Waals surface area contributed by atoms with E-state index in [4.69, 9.17) is 9.84 Å². The highest BCUT2D eigenvalue weighted by molar-refractivity contribution is 7.09. The third kappa shape index (κ3) is 6.35. The number of aliphatic carboxylic acids is 1. The second kappa shape index (κ2) is 8.66. The molecule has 1 unspecified atom stereocenters. The minimum atomic E-state index is -0.999. The first kappa shape index (κ1) is 15.7. The molecule has 0 saturated carbocycles. The molecule has 0 aromatic carbocycles. The van der Waals surface area contributed by atoms with Crippen LogP contribution in [0.1, 0.15) is 24.1 Å². The Morgan fingerprint density at radius 3 is 2.89 bits per heavy atom. The first-order valence-electron chi connectivity index (χ1n) is 6.17. The van der Waals surface area contributed by atoms with Crippen LogP contribution in [0.4, 0.5) is 0 Å². The highest BCUT2D eigenvalue weighted by atomic mass is 32.1. The summed E-state index contributed by atoms with van der Waals surface area (Å²) < 4.78 is 4.87. The quantitative estimate of drug-likeness (QED) is 0.677. The number of aryl methyl sites for hydroxylation is 1. The molecule has 5 nitrogen and oxygen atoms in total. The van der Waals surface area contributed by atoms with Gasteiger partial charge in [-0.25, -0.2) is 4.79 Å². The van der Waals surface area contributed by atoms with Crippen molar-refractivity contribution in [1.29, 1.82) is 0 Å². The van der Waals surface area contributed by atoms with Gasteiger partial charge in [-0.15, -0.1) is 11.3 Å². The third-order valence-electron chi connectivity index (χ3n) is 2.65. The first-order valence-corrected chi connectivity index (χ1v) is 7.05. The molecule has 1 rings (SSSR count). The average Bonchev–Trinajstić information content (AvgIpc) is 2.88. The van der Waals surface area contributed by atoms with Crippen molar-refractivity contribution in [3.8, 4) is 0 Å². The molecule has 106 valence electrons. The molecule has 1 amide bonds. The number of hydrogen-bond donors (Lipinski definition) is 2. The molecule has 6 heteroatoms. The Bertz CT molecular complexity index is 391. The predicted octanol–water partition coefficient (Wildman–Crippen LogP) is 1.68. The molecule has 1 aromatic heterocycles. The minimum Gasteiger partial charge on any atom is -0.480 e. The second-order valence-corrected chi connectivity index (χ2v) is 5.20. The summed E-state index contributed by atoms with van der Waals surface area (Å²) in [5, 5.41) is 13.5. The number of carboxylic acids is 1. The van der Waals surface area contributed by atoms with E-state index < -0.39 is 12.0 Å². The average molecular weight is 285 g/mol. The van der Waals surface area contributed by atoms with Crippen molar-refractivity contribution >= 4 is 23.2 Å². The summed E-state index contributed by atoms with van der Waals surface area (Å²) in [6, 6.07) is 3.07. The summed E-state index contributed by atoms with van der Waals surface area (Å²) in [6.07, 6.45) is 1.95. The number of amides is 1. The van der Waals surface area contributed by atoms with E-state index in [1.165, 1.54) is 0 Å². The zero-order valence-electron chi connectivity index (χ0n) is 10.9. The van der Waals surface area contributed by atoms with E-state index in [0.717, 1.165) is 4.88 Å². The Kier molecular flexibility index (Phi) is 7.14. The van der Waals surface area contributed by atoms with Gasteiger partial charge in [-0.1, -0.05) is 6.07 Å². The highest BCUT2D eigenvalue weighted by Gasteiger charge is 2.19. The van der Waals surface area contributed by atoms with Gasteiger partial charge in [-0.3, -0.25) is 4.79 Å². The lowest BCUT2D eigenvalue weighted by atomic mass is 10.1. The van der Waals surface area contributed by atoms with Crippen LogP contribution in [-0.2, 0) is 20.7 Å². The third-order valence-corrected chi connectivity index (χ3v) is 3.59. The number of carboxylic acid groups (broad SMARTS) is 1. The van der Waals surface area contributed by atoms with Crippen molar-refractivity contribution in [2.75, 3.05) is 13.7 Å². The molecule has 0 fully saturated rings. The van der Waals surface area contributed by atoms with Crippen molar-refractivity contribution < 1.29 is 19.4 Å². The van der Waals surface area contributed by atoms with Crippen LogP contribution < -0.4 is 5.32 Å². The van der Waals surface area contributed by atoms with Gasteiger partial charge in [-0.2, -0.15) is 0 Å². The number of carbonyl (C=O) groups excluding carboxylic acids is 1. The summed E-state index contributed by atoms with van der Waals surface area (Å²) in [7, 11) is 1.56. The fraction of sp³-hybridized carbons (Fsp3) is 0.538. The largest absolute Gasteiger partial charge is 0.480 e. The molecule has 0 bridgehead atoms. The maximum Gasteiger partial charge on any atom is 0.326 e. The highest BCUT2D eigenvalue weighted by Crippen LogP contribution is 2.10. The van der Waals surface area contributed by atoms with Gasteiger partial charge in [-0.05, 0) is 30.7 Å². The Morgan fingerprint density at radius 2 is 2.32 bits per heavy atom. The van der Waals surface area contributed by atoms with Crippen LogP contribution in [0, 0.1) is 0 Å². The first-order chi connectivity index (χ1) is 9.13. The molecule has 1 heterocycles. The minimum absolute atomic E-state index is 0.224. The molecule has 0 aliphatic heterocycles. The Labute approximate surface area is 116 Å². The lowest BCUT2D eigenvalue weighted by Gasteiger charge is -2.14. The van der Waals surface area contributed by atoms with E-state index in [2.05, 4.69) is 5.32 Å². The van der Waals surface area contributed by atoms with Crippen molar-refractivity contribution in [3.05, 3.63) is 22.4 Å². The van der Waals surface area contributed by atoms with Crippen LogP contribution >= 0.6 is 11.3 Å². The fourth-order valence-electron chi connectivity index (χ4n) is 1.65. The van der Waals surface area contributed by atoms with Gasteiger partial charge in [0, 0.05) is 25.0 Å². The zero-order chi connectivity index (χ0) is 14.1. The predicted molar refractivity (Wildman–Crippen MR) is 73.3 cm³/mol. The molecule has 1 atom stereocenters. The smallest absolute Gasteiger partial charge is 0.326 e. The van der Waals surface area contributed by atoms with Crippen LogP contribution in [0.5, 0.6) is 0 Å². The second-order valence-electron chi connectivity index (χ2n) is 4.17. The fourth-order valence-corrected chi connectivity index (χ4v) is 2.36. The number of methoxy groups -OCH3 is 1. The molecule has 0 aliphatic carbocycles. The molecule has 0 aliphatic rings. The van der Waals surface area contributed by atoms with Crippen molar-refractivity contribution in [3.63, 3.8) is 0 Å². The number of carbonyl (C=O) groups is 2. The summed E-state index contributed by atoms with van der Waals surface area (Å²) >= 11 is 1.59. The molecular formula is C13H19NO4S. The molecule has 0 saturated heterocycles. The Balaban J connectivity index is 2.32. The van der Waals surface area contributed by atoms with Crippen LogP contribution in [0.25, 0.3) is 0 Å². The summed E-state index contributed by atoms with van der Waals surface area (Å²) in [5.74, 6) is -1.22. The number of ether oxygens (including phenoxy) is 1. The van der Waals surface area contributed by atoms with E-state index in [-0.39, 0.29) is 5.91 Å². The number of rotatable bonds is 9. The van der Waals surface area contributed by atoms with E-state index >= 15 is 0 Å². The number of thiophene rings is 1. The van der Waals surface area contributed by atoms with E-state index in [1.54, 1.807) is 18.4 Å². The molecule has 1 aromatic rings. The van der Waals surface area contributed by atoms with Gasteiger partial charge in [0.15, 0.2) is 0 Å². The number of hydrogen-bond acceptors (Lipinski definition) is 4. The van der Waals surface area contributed by atoms with Crippen molar-refractivity contribution in [1.82, 2.24) is 5.32 Å². The van der Waals surface area contributed by atoms with E-state index in [0.29, 0.717) is 32.3 Å². The number of nitrogens with one attached hydrogen (secondary N) is 1. The molecular weight excluding hydrogens is 266 g/mol. The van der Waals surface area contributed by atoms with E-state index in [1.807, 2.05) is 17.5 Å². The zero-order valence-corrected chi connectivity index (χ0v) is 11.7. The molecule has 0 spiro atoms. The normalized spacial score (nSPS) is 12.1. The maximum absolute atomic E-state index is 11.7.